The fraction of sp³-hybridized carbons (Fsp3) is 0.481. The molecule has 8 nitrogen and oxygen atoms in total. The first kappa shape index (κ1) is 27.1. The topological polar surface area (TPSA) is 104 Å². The van der Waals surface area contributed by atoms with Gasteiger partial charge in [0.15, 0.2) is 11.4 Å². The van der Waals surface area contributed by atoms with E-state index in [1.165, 1.54) is 38.4 Å². The molecule has 1 N–H and O–H groups in total. The second kappa shape index (κ2) is 11.1. The van der Waals surface area contributed by atoms with Gasteiger partial charge in [-0.15, -0.1) is 0 Å². The van der Waals surface area contributed by atoms with Gasteiger partial charge in [-0.3, -0.25) is 9.59 Å². The Bertz CT molecular complexity index is 1140. The minimum absolute atomic E-state index is 0.126. The molecule has 1 heterocycles. The van der Waals surface area contributed by atoms with E-state index >= 15 is 0 Å². The SMILES string of the molecule is COc1ccnc(C(=O)N[C@@H](C)C(=O)OC2CCCc3cc(F)ccc3C2C)c1OC(=O)C(C)(C)C. The highest BCUT2D eigenvalue weighted by Gasteiger charge is 2.32. The minimum atomic E-state index is -1.00. The zero-order valence-electron chi connectivity index (χ0n) is 21.5. The fourth-order valence-electron chi connectivity index (χ4n) is 4.01. The van der Waals surface area contributed by atoms with Crippen molar-refractivity contribution in [2.75, 3.05) is 7.11 Å². The molecular weight excluding hydrogens is 467 g/mol. The summed E-state index contributed by atoms with van der Waals surface area (Å²) in [5.41, 5.74) is 0.856. The van der Waals surface area contributed by atoms with Crippen LogP contribution in [0.1, 0.15) is 75.0 Å². The number of carbonyl (C=O) groups excluding carboxylic acids is 3. The average Bonchev–Trinajstić information content (AvgIpc) is 2.96. The Morgan fingerprint density at radius 3 is 2.58 bits per heavy atom. The van der Waals surface area contributed by atoms with Crippen LogP contribution in [-0.4, -0.2) is 42.1 Å². The molecule has 1 amide bonds. The summed E-state index contributed by atoms with van der Waals surface area (Å²) in [4.78, 5) is 42.4. The Kier molecular flexibility index (Phi) is 8.32. The van der Waals surface area contributed by atoms with Crippen molar-refractivity contribution >= 4 is 17.8 Å². The third-order valence-electron chi connectivity index (χ3n) is 6.17. The van der Waals surface area contributed by atoms with E-state index in [4.69, 9.17) is 14.2 Å². The van der Waals surface area contributed by atoms with Crippen molar-refractivity contribution in [2.45, 2.75) is 71.9 Å². The zero-order chi connectivity index (χ0) is 26.6. The molecule has 1 aromatic carbocycles. The first-order valence-electron chi connectivity index (χ1n) is 12.0. The number of methoxy groups -OCH3 is 1. The molecule has 3 atom stereocenters. The predicted octanol–water partition coefficient (Wildman–Crippen LogP) is 4.35. The molecule has 0 saturated heterocycles. The number of hydrogen-bond acceptors (Lipinski definition) is 7. The predicted molar refractivity (Wildman–Crippen MR) is 130 cm³/mol. The van der Waals surface area contributed by atoms with Gasteiger partial charge in [0.1, 0.15) is 18.0 Å². The number of aryl methyl sites for hydroxylation is 1. The van der Waals surface area contributed by atoms with Crippen molar-refractivity contribution in [3.63, 3.8) is 0 Å². The molecule has 0 bridgehead atoms. The van der Waals surface area contributed by atoms with E-state index in [2.05, 4.69) is 10.3 Å². The number of esters is 2. The number of halogens is 1. The van der Waals surface area contributed by atoms with E-state index in [1.807, 2.05) is 6.92 Å². The van der Waals surface area contributed by atoms with Crippen molar-refractivity contribution in [1.29, 1.82) is 0 Å². The maximum atomic E-state index is 13.7. The van der Waals surface area contributed by atoms with Crippen molar-refractivity contribution in [3.05, 3.63) is 53.1 Å². The average molecular weight is 501 g/mol. The summed E-state index contributed by atoms with van der Waals surface area (Å²) >= 11 is 0. The van der Waals surface area contributed by atoms with Crippen molar-refractivity contribution < 1.29 is 33.0 Å². The molecule has 0 fully saturated rings. The molecule has 0 radical (unpaired) electrons. The summed E-state index contributed by atoms with van der Waals surface area (Å²) < 4.78 is 30.1. The van der Waals surface area contributed by atoms with Crippen LogP contribution < -0.4 is 14.8 Å². The standard InChI is InChI=1S/C27H33FN2O6/c1-15-19-11-10-18(28)14-17(19)8-7-9-20(15)35-25(32)16(2)30-24(31)22-23(21(34-6)12-13-29-22)36-26(33)27(3,4)5/h10-16,20H,7-9H2,1-6H3,(H,30,31)/t15?,16-,20?/m0/s1. The molecular formula is C27H33FN2O6. The number of aromatic nitrogens is 1. The fourth-order valence-corrected chi connectivity index (χ4v) is 4.01. The lowest BCUT2D eigenvalue weighted by Crippen LogP contribution is -2.42. The van der Waals surface area contributed by atoms with Gasteiger partial charge >= 0.3 is 11.9 Å². The summed E-state index contributed by atoms with van der Waals surface area (Å²) in [5, 5.41) is 2.57. The van der Waals surface area contributed by atoms with Crippen LogP contribution >= 0.6 is 0 Å². The Hall–Kier alpha value is -3.49. The second-order valence-corrected chi connectivity index (χ2v) is 10.0. The molecule has 2 aromatic rings. The van der Waals surface area contributed by atoms with Gasteiger partial charge in [0, 0.05) is 18.2 Å². The van der Waals surface area contributed by atoms with Crippen LogP contribution in [0.25, 0.3) is 0 Å². The van der Waals surface area contributed by atoms with E-state index in [0.717, 1.165) is 17.5 Å². The monoisotopic (exact) mass is 500 g/mol. The minimum Gasteiger partial charge on any atom is -0.493 e. The van der Waals surface area contributed by atoms with Crippen LogP contribution in [0, 0.1) is 11.2 Å². The maximum absolute atomic E-state index is 13.7. The molecule has 36 heavy (non-hydrogen) atoms. The number of carbonyl (C=O) groups is 3. The first-order valence-corrected chi connectivity index (χ1v) is 12.0. The van der Waals surface area contributed by atoms with Gasteiger partial charge in [0.05, 0.1) is 12.5 Å². The molecule has 3 rings (SSSR count). The largest absolute Gasteiger partial charge is 0.493 e. The molecule has 194 valence electrons. The van der Waals surface area contributed by atoms with Gasteiger partial charge < -0.3 is 19.5 Å². The molecule has 1 aliphatic carbocycles. The number of ether oxygens (including phenoxy) is 3. The summed E-state index contributed by atoms with van der Waals surface area (Å²) in [5.74, 6) is -2.28. The van der Waals surface area contributed by atoms with Gasteiger partial charge in [-0.1, -0.05) is 13.0 Å². The van der Waals surface area contributed by atoms with Gasteiger partial charge in [-0.2, -0.15) is 0 Å². The van der Waals surface area contributed by atoms with E-state index in [-0.39, 0.29) is 28.9 Å². The zero-order valence-corrected chi connectivity index (χ0v) is 21.5. The van der Waals surface area contributed by atoms with Gasteiger partial charge in [0.2, 0.25) is 5.75 Å². The third-order valence-corrected chi connectivity index (χ3v) is 6.17. The smallest absolute Gasteiger partial charge is 0.328 e. The molecule has 1 aliphatic rings. The highest BCUT2D eigenvalue weighted by atomic mass is 19.1. The van der Waals surface area contributed by atoms with Crippen LogP contribution in [0.5, 0.6) is 11.5 Å². The molecule has 1 aromatic heterocycles. The highest BCUT2D eigenvalue weighted by Crippen LogP contribution is 2.34. The second-order valence-electron chi connectivity index (χ2n) is 10.0. The molecule has 2 unspecified atom stereocenters. The van der Waals surface area contributed by atoms with Crippen LogP contribution in [0.2, 0.25) is 0 Å². The Balaban J connectivity index is 1.73. The van der Waals surface area contributed by atoms with Crippen molar-refractivity contribution in [1.82, 2.24) is 10.3 Å². The number of nitrogens with zero attached hydrogens (tertiary/aromatic N) is 1. The summed E-state index contributed by atoms with van der Waals surface area (Å²) in [6, 6.07) is 5.15. The quantitative estimate of drug-likeness (QED) is 0.465. The number of fused-ring (bicyclic) bond motifs is 1. The Morgan fingerprint density at radius 2 is 1.92 bits per heavy atom. The molecule has 0 aliphatic heterocycles. The number of benzene rings is 1. The third kappa shape index (κ3) is 6.19. The van der Waals surface area contributed by atoms with Crippen LogP contribution in [-0.2, 0) is 20.7 Å². The highest BCUT2D eigenvalue weighted by molar-refractivity contribution is 5.98. The number of amides is 1. The van der Waals surface area contributed by atoms with Crippen molar-refractivity contribution in [2.24, 2.45) is 5.41 Å². The maximum Gasteiger partial charge on any atom is 0.328 e. The van der Waals surface area contributed by atoms with Crippen LogP contribution in [0.15, 0.2) is 30.5 Å². The van der Waals surface area contributed by atoms with Crippen LogP contribution in [0.4, 0.5) is 4.39 Å². The number of rotatable bonds is 6. The number of pyridine rings is 1. The number of hydrogen-bond donors (Lipinski definition) is 1. The lowest BCUT2D eigenvalue weighted by molar-refractivity contribution is -0.152. The van der Waals surface area contributed by atoms with E-state index < -0.39 is 35.4 Å². The molecule has 9 heteroatoms. The number of nitrogens with one attached hydrogen (secondary N) is 1. The van der Waals surface area contributed by atoms with Crippen molar-refractivity contribution in [3.8, 4) is 11.5 Å². The first-order chi connectivity index (χ1) is 16.9. The lowest BCUT2D eigenvalue weighted by Gasteiger charge is -2.25. The van der Waals surface area contributed by atoms with Gasteiger partial charge in [-0.25, -0.2) is 14.2 Å². The van der Waals surface area contributed by atoms with E-state index in [9.17, 15) is 18.8 Å². The Morgan fingerprint density at radius 1 is 1.19 bits per heavy atom. The van der Waals surface area contributed by atoms with E-state index in [1.54, 1.807) is 26.8 Å². The molecule has 0 saturated carbocycles. The Labute approximate surface area is 210 Å². The lowest BCUT2D eigenvalue weighted by atomic mass is 9.92. The summed E-state index contributed by atoms with van der Waals surface area (Å²) in [6.07, 6.45) is 3.00. The summed E-state index contributed by atoms with van der Waals surface area (Å²) in [7, 11) is 1.38. The summed E-state index contributed by atoms with van der Waals surface area (Å²) in [6.45, 7) is 8.49. The molecule has 0 spiro atoms. The normalized spacial score (nSPS) is 18.3. The van der Waals surface area contributed by atoms with Gasteiger partial charge in [-0.05, 0) is 70.2 Å². The van der Waals surface area contributed by atoms with Gasteiger partial charge in [0.25, 0.3) is 5.91 Å². The van der Waals surface area contributed by atoms with Crippen LogP contribution in [0.3, 0.4) is 0 Å². The van der Waals surface area contributed by atoms with E-state index in [0.29, 0.717) is 12.8 Å².